The zero-order valence-electron chi connectivity index (χ0n) is 13.8. The Labute approximate surface area is 120 Å². The summed E-state index contributed by atoms with van der Waals surface area (Å²) in [5.74, 6) is 1.42. The average molecular weight is 270 g/mol. The molecule has 0 aromatic heterocycles. The molecule has 0 aromatic carbocycles. The molecule has 1 fully saturated rings. The standard InChI is InChI=1S/C16H34N2O/c1-12(2)9-17-10-15-7-8-16(19-15)11-18(6)14(5)13(3)4/h12-17H,7-11H2,1-6H3. The number of nitrogens with zero attached hydrogens (tertiary/aromatic N) is 1. The van der Waals surface area contributed by atoms with Gasteiger partial charge in [-0.2, -0.15) is 0 Å². The SMILES string of the molecule is CC(C)CNCC1CCC(CN(C)C(C)C(C)C)O1. The Balaban J connectivity index is 2.21. The molecule has 1 N–H and O–H groups in total. The van der Waals surface area contributed by atoms with E-state index in [1.165, 1.54) is 12.8 Å². The highest BCUT2D eigenvalue weighted by Crippen LogP contribution is 2.21. The predicted molar refractivity (Wildman–Crippen MR) is 82.5 cm³/mol. The van der Waals surface area contributed by atoms with Gasteiger partial charge in [0.25, 0.3) is 0 Å². The fraction of sp³-hybridized carbons (Fsp3) is 1.00. The fourth-order valence-corrected chi connectivity index (χ4v) is 2.59. The summed E-state index contributed by atoms with van der Waals surface area (Å²) >= 11 is 0. The maximum Gasteiger partial charge on any atom is 0.0707 e. The minimum atomic E-state index is 0.423. The molecule has 1 aliphatic rings. The summed E-state index contributed by atoms with van der Waals surface area (Å²) in [6, 6.07) is 0.627. The van der Waals surface area contributed by atoms with E-state index in [2.05, 4.69) is 51.9 Å². The lowest BCUT2D eigenvalue weighted by atomic mass is 10.0. The molecule has 3 unspecified atom stereocenters. The molecule has 0 aromatic rings. The number of hydrogen-bond donors (Lipinski definition) is 1. The van der Waals surface area contributed by atoms with E-state index in [-0.39, 0.29) is 0 Å². The van der Waals surface area contributed by atoms with Crippen molar-refractivity contribution in [3.63, 3.8) is 0 Å². The molecule has 3 heteroatoms. The van der Waals surface area contributed by atoms with Crippen LogP contribution in [0, 0.1) is 11.8 Å². The van der Waals surface area contributed by atoms with Crippen molar-refractivity contribution in [3.05, 3.63) is 0 Å². The zero-order valence-corrected chi connectivity index (χ0v) is 13.8. The minimum Gasteiger partial charge on any atom is -0.372 e. The van der Waals surface area contributed by atoms with Crippen LogP contribution in [0.2, 0.25) is 0 Å². The maximum atomic E-state index is 6.14. The number of likely N-dealkylation sites (N-methyl/N-ethyl adjacent to an activating group) is 1. The van der Waals surface area contributed by atoms with E-state index in [9.17, 15) is 0 Å². The second kappa shape index (κ2) is 8.23. The topological polar surface area (TPSA) is 24.5 Å². The number of hydrogen-bond acceptors (Lipinski definition) is 3. The number of rotatable bonds is 8. The Hall–Kier alpha value is -0.120. The van der Waals surface area contributed by atoms with Crippen LogP contribution in [0.5, 0.6) is 0 Å². The molecular formula is C16H34N2O. The van der Waals surface area contributed by atoms with Crippen molar-refractivity contribution >= 4 is 0 Å². The molecule has 0 aliphatic carbocycles. The van der Waals surface area contributed by atoms with E-state index >= 15 is 0 Å². The molecule has 1 rings (SSSR count). The summed E-state index contributed by atoms with van der Waals surface area (Å²) in [6.07, 6.45) is 3.27. The highest BCUT2D eigenvalue weighted by Gasteiger charge is 2.27. The van der Waals surface area contributed by atoms with Crippen molar-refractivity contribution in [2.24, 2.45) is 11.8 Å². The molecule has 1 aliphatic heterocycles. The highest BCUT2D eigenvalue weighted by atomic mass is 16.5. The first kappa shape index (κ1) is 16.9. The first-order valence-corrected chi connectivity index (χ1v) is 7.96. The fourth-order valence-electron chi connectivity index (χ4n) is 2.59. The summed E-state index contributed by atoms with van der Waals surface area (Å²) in [5, 5.41) is 3.50. The average Bonchev–Trinajstić information content (AvgIpc) is 2.75. The molecule has 0 spiro atoms. The van der Waals surface area contributed by atoms with Crippen molar-refractivity contribution in [1.29, 1.82) is 0 Å². The van der Waals surface area contributed by atoms with E-state index in [0.29, 0.717) is 24.2 Å². The molecule has 0 amide bonds. The van der Waals surface area contributed by atoms with Crippen LogP contribution in [0.4, 0.5) is 0 Å². The van der Waals surface area contributed by atoms with Gasteiger partial charge in [-0.25, -0.2) is 0 Å². The van der Waals surface area contributed by atoms with Crippen LogP contribution in [-0.2, 0) is 4.74 Å². The molecule has 114 valence electrons. The van der Waals surface area contributed by atoms with Crippen LogP contribution in [0.25, 0.3) is 0 Å². The van der Waals surface area contributed by atoms with Gasteiger partial charge < -0.3 is 15.0 Å². The van der Waals surface area contributed by atoms with Gasteiger partial charge in [-0.15, -0.1) is 0 Å². The van der Waals surface area contributed by atoms with Crippen LogP contribution in [-0.4, -0.2) is 49.8 Å². The Morgan fingerprint density at radius 3 is 2.32 bits per heavy atom. The van der Waals surface area contributed by atoms with Gasteiger partial charge in [-0.3, -0.25) is 0 Å². The van der Waals surface area contributed by atoms with Crippen LogP contribution < -0.4 is 5.32 Å². The molecule has 3 nitrogen and oxygen atoms in total. The summed E-state index contributed by atoms with van der Waals surface area (Å²) in [5.41, 5.74) is 0. The lowest BCUT2D eigenvalue weighted by Gasteiger charge is -2.30. The number of nitrogens with one attached hydrogen (secondary N) is 1. The molecule has 3 atom stereocenters. The van der Waals surface area contributed by atoms with Crippen LogP contribution in [0.15, 0.2) is 0 Å². The monoisotopic (exact) mass is 270 g/mol. The molecule has 0 bridgehead atoms. The van der Waals surface area contributed by atoms with E-state index < -0.39 is 0 Å². The third-order valence-corrected chi connectivity index (χ3v) is 4.27. The smallest absolute Gasteiger partial charge is 0.0707 e. The Morgan fingerprint density at radius 1 is 1.11 bits per heavy atom. The maximum absolute atomic E-state index is 6.14. The molecule has 1 saturated heterocycles. The molecular weight excluding hydrogens is 236 g/mol. The van der Waals surface area contributed by atoms with Gasteiger partial charge in [-0.1, -0.05) is 27.7 Å². The van der Waals surface area contributed by atoms with Crippen LogP contribution in [0.1, 0.15) is 47.5 Å². The Morgan fingerprint density at radius 2 is 1.74 bits per heavy atom. The van der Waals surface area contributed by atoms with Crippen molar-refractivity contribution in [3.8, 4) is 0 Å². The van der Waals surface area contributed by atoms with Gasteiger partial charge in [0.05, 0.1) is 12.2 Å². The lowest BCUT2D eigenvalue weighted by molar-refractivity contribution is 0.0180. The van der Waals surface area contributed by atoms with E-state index in [1.807, 2.05) is 0 Å². The normalized spacial score (nSPS) is 25.7. The Bertz CT molecular complexity index is 243. The quantitative estimate of drug-likeness (QED) is 0.734. The van der Waals surface area contributed by atoms with Crippen molar-refractivity contribution in [2.75, 3.05) is 26.7 Å². The molecule has 1 heterocycles. The van der Waals surface area contributed by atoms with E-state index in [1.54, 1.807) is 0 Å². The van der Waals surface area contributed by atoms with Gasteiger partial charge >= 0.3 is 0 Å². The number of ether oxygens (including phenoxy) is 1. The summed E-state index contributed by atoms with van der Waals surface area (Å²) in [6.45, 7) is 14.5. The highest BCUT2D eigenvalue weighted by molar-refractivity contribution is 4.79. The molecule has 19 heavy (non-hydrogen) atoms. The van der Waals surface area contributed by atoms with Gasteiger partial charge in [0.2, 0.25) is 0 Å². The Kier molecular flexibility index (Phi) is 7.33. The van der Waals surface area contributed by atoms with E-state index in [0.717, 1.165) is 25.6 Å². The minimum absolute atomic E-state index is 0.423. The van der Waals surface area contributed by atoms with Gasteiger partial charge in [-0.05, 0) is 45.2 Å². The summed E-state index contributed by atoms with van der Waals surface area (Å²) in [4.78, 5) is 2.44. The van der Waals surface area contributed by atoms with Crippen molar-refractivity contribution in [2.45, 2.75) is 65.7 Å². The van der Waals surface area contributed by atoms with Gasteiger partial charge in [0.1, 0.15) is 0 Å². The largest absolute Gasteiger partial charge is 0.372 e. The van der Waals surface area contributed by atoms with Crippen LogP contribution >= 0.6 is 0 Å². The van der Waals surface area contributed by atoms with E-state index in [4.69, 9.17) is 4.74 Å². The first-order chi connectivity index (χ1) is 8.90. The summed E-state index contributed by atoms with van der Waals surface area (Å²) in [7, 11) is 2.22. The predicted octanol–water partition coefficient (Wildman–Crippen LogP) is 2.76. The zero-order chi connectivity index (χ0) is 14.4. The summed E-state index contributed by atoms with van der Waals surface area (Å²) < 4.78 is 6.14. The first-order valence-electron chi connectivity index (χ1n) is 7.96. The van der Waals surface area contributed by atoms with Gasteiger partial charge in [0, 0.05) is 19.1 Å². The third-order valence-electron chi connectivity index (χ3n) is 4.27. The molecule has 0 radical (unpaired) electrons. The van der Waals surface area contributed by atoms with Crippen LogP contribution in [0.3, 0.4) is 0 Å². The van der Waals surface area contributed by atoms with Gasteiger partial charge in [0.15, 0.2) is 0 Å². The lowest BCUT2D eigenvalue weighted by Crippen LogP contribution is -2.39. The second-order valence-corrected chi connectivity index (χ2v) is 6.93. The van der Waals surface area contributed by atoms with Crippen molar-refractivity contribution in [1.82, 2.24) is 10.2 Å². The second-order valence-electron chi connectivity index (χ2n) is 6.93. The van der Waals surface area contributed by atoms with Crippen molar-refractivity contribution < 1.29 is 4.74 Å². The third kappa shape index (κ3) is 6.24. The molecule has 0 saturated carbocycles.